The number of primary sulfonamides is 2. The number of hydrogen-bond donors (Lipinski definition) is 2. The third-order valence-electron chi connectivity index (χ3n) is 2.05. The largest absolute Gasteiger partial charge is 0.296 e. The smallest absolute Gasteiger partial charge is 0.258 e. The molecule has 0 aliphatic rings. The molecule has 0 unspecified atom stereocenters. The minimum atomic E-state index is -4.69. The molecule has 0 bridgehead atoms. The highest BCUT2D eigenvalue weighted by molar-refractivity contribution is 7.90. The molecule has 14 heteroatoms. The Morgan fingerprint density at radius 3 is 1.30 bits per heavy atom. The lowest BCUT2D eigenvalue weighted by atomic mass is 10.3. The zero-order valence-corrected chi connectivity index (χ0v) is 10.9. The number of nitrogens with zero attached hydrogens (tertiary/aromatic N) is 2. The van der Waals surface area contributed by atoms with Crippen LogP contribution < -0.4 is 10.3 Å². The van der Waals surface area contributed by atoms with Crippen molar-refractivity contribution in [3.63, 3.8) is 0 Å². The van der Waals surface area contributed by atoms with E-state index >= 15 is 0 Å². The minimum absolute atomic E-state index is 0.166. The second kappa shape index (κ2) is 4.75. The third-order valence-corrected chi connectivity index (χ3v) is 3.93. The number of nitrogens with two attached hydrogens (primary N) is 2. The second-order valence-corrected chi connectivity index (χ2v) is 6.45. The van der Waals surface area contributed by atoms with Gasteiger partial charge in [-0.25, -0.2) is 27.1 Å². The van der Waals surface area contributed by atoms with Crippen LogP contribution in [0.5, 0.6) is 0 Å². The van der Waals surface area contributed by atoms with Crippen LogP contribution in [0.15, 0.2) is 21.9 Å². The van der Waals surface area contributed by atoms with Crippen molar-refractivity contribution in [2.75, 3.05) is 0 Å². The van der Waals surface area contributed by atoms with Crippen LogP contribution in [-0.2, 0) is 20.0 Å². The van der Waals surface area contributed by atoms with Gasteiger partial charge in [0.25, 0.3) is 11.4 Å². The topological polar surface area (TPSA) is 207 Å². The van der Waals surface area contributed by atoms with Gasteiger partial charge in [0.15, 0.2) is 9.79 Å². The van der Waals surface area contributed by atoms with Crippen LogP contribution in [0.1, 0.15) is 0 Å². The molecule has 12 nitrogen and oxygen atoms in total. The molecule has 0 radical (unpaired) electrons. The van der Waals surface area contributed by atoms with E-state index in [2.05, 4.69) is 0 Å². The lowest BCUT2D eigenvalue weighted by molar-refractivity contribution is -0.397. The summed E-state index contributed by atoms with van der Waals surface area (Å²) in [5, 5.41) is 30.8. The summed E-state index contributed by atoms with van der Waals surface area (Å²) < 4.78 is 44.7. The first-order chi connectivity index (χ1) is 8.85. The summed E-state index contributed by atoms with van der Waals surface area (Å²) in [7, 11) is -9.38. The minimum Gasteiger partial charge on any atom is -0.258 e. The fraction of sp³-hybridized carbons (Fsp3) is 0. The van der Waals surface area contributed by atoms with E-state index in [1.54, 1.807) is 0 Å². The molecular formula is C6H6N4O8S2. The predicted molar refractivity (Wildman–Crippen MR) is 62.5 cm³/mol. The van der Waals surface area contributed by atoms with E-state index in [0.717, 1.165) is 0 Å². The van der Waals surface area contributed by atoms with E-state index in [4.69, 9.17) is 10.3 Å². The van der Waals surface area contributed by atoms with Gasteiger partial charge in [0.05, 0.1) is 15.9 Å². The number of hydrogen-bond acceptors (Lipinski definition) is 8. The highest BCUT2D eigenvalue weighted by Crippen LogP contribution is 2.33. The zero-order chi connectivity index (χ0) is 15.9. The molecule has 0 heterocycles. The van der Waals surface area contributed by atoms with Crippen LogP contribution in [0.3, 0.4) is 0 Å². The second-order valence-electron chi connectivity index (χ2n) is 3.39. The van der Waals surface area contributed by atoms with Gasteiger partial charge < -0.3 is 0 Å². The normalized spacial score (nSPS) is 12.1. The van der Waals surface area contributed by atoms with Crippen LogP contribution in [0, 0.1) is 20.2 Å². The molecule has 0 fully saturated rings. The van der Waals surface area contributed by atoms with Gasteiger partial charge in [0.1, 0.15) is 0 Å². The van der Waals surface area contributed by atoms with Crippen molar-refractivity contribution in [1.29, 1.82) is 0 Å². The lowest BCUT2D eigenvalue weighted by Gasteiger charge is -2.04. The van der Waals surface area contributed by atoms with Crippen LogP contribution in [0.25, 0.3) is 0 Å². The molecule has 0 atom stereocenters. The fourth-order valence-corrected chi connectivity index (χ4v) is 2.77. The van der Waals surface area contributed by atoms with E-state index < -0.39 is 51.1 Å². The lowest BCUT2D eigenvalue weighted by Crippen LogP contribution is -2.19. The van der Waals surface area contributed by atoms with Crippen molar-refractivity contribution in [3.05, 3.63) is 32.4 Å². The van der Waals surface area contributed by atoms with Crippen molar-refractivity contribution in [3.8, 4) is 0 Å². The molecule has 110 valence electrons. The number of rotatable bonds is 4. The summed E-state index contributed by atoms with van der Waals surface area (Å²) in [6, 6.07) is 0.348. The van der Waals surface area contributed by atoms with E-state index in [-0.39, 0.29) is 12.1 Å². The Bertz CT molecular complexity index is 746. The average Bonchev–Trinajstić information content (AvgIpc) is 2.24. The van der Waals surface area contributed by atoms with Gasteiger partial charge in [0.2, 0.25) is 20.0 Å². The van der Waals surface area contributed by atoms with Crippen molar-refractivity contribution in [1.82, 2.24) is 0 Å². The van der Waals surface area contributed by atoms with Gasteiger partial charge in [-0.1, -0.05) is 0 Å². The maximum Gasteiger partial charge on any atom is 0.296 e. The summed E-state index contributed by atoms with van der Waals surface area (Å²) in [5.41, 5.74) is -2.46. The third kappa shape index (κ3) is 3.05. The fourth-order valence-electron chi connectivity index (χ4n) is 1.28. The average molecular weight is 326 g/mol. The maximum atomic E-state index is 11.2. The Balaban J connectivity index is 4.00. The molecule has 4 N–H and O–H groups in total. The number of nitro benzene ring substituents is 2. The number of sulfonamides is 2. The van der Waals surface area contributed by atoms with Crippen LogP contribution >= 0.6 is 0 Å². The highest BCUT2D eigenvalue weighted by atomic mass is 32.2. The standard InChI is InChI=1S/C6H6N4O8S2/c7-19(15,16)5-2-6(20(8,17)18)4(10(13)14)1-3(5)9(11)12/h1-2H,(H2,7,15,16)(H2,8,17,18). The van der Waals surface area contributed by atoms with Crippen LogP contribution in [0.4, 0.5) is 11.4 Å². The maximum absolute atomic E-state index is 11.2. The Labute approximate surface area is 111 Å². The van der Waals surface area contributed by atoms with Crippen LogP contribution in [-0.4, -0.2) is 26.7 Å². The molecular weight excluding hydrogens is 320 g/mol. The molecule has 1 rings (SSSR count). The molecule has 0 aromatic heterocycles. The quantitative estimate of drug-likeness (QED) is 0.505. The summed E-state index contributed by atoms with van der Waals surface area (Å²) in [6.45, 7) is 0. The van der Waals surface area contributed by atoms with Crippen molar-refractivity contribution in [2.24, 2.45) is 10.3 Å². The van der Waals surface area contributed by atoms with Crippen molar-refractivity contribution >= 4 is 31.4 Å². The Hall–Kier alpha value is -2.16. The summed E-state index contributed by atoms with van der Waals surface area (Å²) in [4.78, 5) is 16.5. The molecule has 0 saturated heterocycles. The molecule has 0 aliphatic carbocycles. The van der Waals surface area contributed by atoms with Gasteiger partial charge in [-0.15, -0.1) is 0 Å². The van der Waals surface area contributed by atoms with E-state index in [1.807, 2.05) is 0 Å². The first-order valence-corrected chi connectivity index (χ1v) is 7.47. The summed E-state index contributed by atoms with van der Waals surface area (Å²) in [5.74, 6) is 0. The van der Waals surface area contributed by atoms with Gasteiger partial charge in [-0.2, -0.15) is 0 Å². The predicted octanol–water partition coefficient (Wildman–Crippen LogP) is -1.20. The van der Waals surface area contributed by atoms with E-state index in [9.17, 15) is 37.1 Å². The molecule has 1 aromatic rings. The molecule has 0 amide bonds. The monoisotopic (exact) mass is 326 g/mol. The number of nitro groups is 2. The first kappa shape index (κ1) is 15.9. The Morgan fingerprint density at radius 2 is 1.10 bits per heavy atom. The van der Waals surface area contributed by atoms with Gasteiger partial charge in [-0.3, -0.25) is 20.2 Å². The highest BCUT2D eigenvalue weighted by Gasteiger charge is 2.33. The molecule has 0 spiro atoms. The van der Waals surface area contributed by atoms with E-state index in [1.165, 1.54) is 0 Å². The zero-order valence-electron chi connectivity index (χ0n) is 9.29. The van der Waals surface area contributed by atoms with Crippen LogP contribution in [0.2, 0.25) is 0 Å². The van der Waals surface area contributed by atoms with Gasteiger partial charge in [-0.05, 0) is 6.07 Å². The van der Waals surface area contributed by atoms with Gasteiger partial charge >= 0.3 is 0 Å². The molecule has 0 aliphatic heterocycles. The number of benzene rings is 1. The van der Waals surface area contributed by atoms with Crippen molar-refractivity contribution < 1.29 is 26.7 Å². The Morgan fingerprint density at radius 1 is 0.800 bits per heavy atom. The van der Waals surface area contributed by atoms with Crippen molar-refractivity contribution in [2.45, 2.75) is 9.79 Å². The van der Waals surface area contributed by atoms with Gasteiger partial charge in [0, 0.05) is 0 Å². The summed E-state index contributed by atoms with van der Waals surface area (Å²) in [6.07, 6.45) is 0. The molecule has 20 heavy (non-hydrogen) atoms. The van der Waals surface area contributed by atoms with E-state index in [0.29, 0.717) is 0 Å². The molecule has 1 aromatic carbocycles. The summed E-state index contributed by atoms with van der Waals surface area (Å²) >= 11 is 0. The Kier molecular flexibility index (Phi) is 3.77. The molecule has 0 saturated carbocycles. The first-order valence-electron chi connectivity index (χ1n) is 4.38. The SMILES string of the molecule is NS(=O)(=O)c1cc(S(N)(=O)=O)c([N+](=O)[O-])cc1[N+](=O)[O-].